The minimum Gasteiger partial charge on any atom is -0.456 e. The number of benzene rings is 8. The Morgan fingerprint density at radius 2 is 1.20 bits per heavy atom. The van der Waals surface area contributed by atoms with Crippen molar-refractivity contribution in [3.05, 3.63) is 174 Å². The van der Waals surface area contributed by atoms with Crippen molar-refractivity contribution in [2.24, 2.45) is 5.92 Å². The molecule has 0 spiro atoms. The standard InChI is InChI=1S/C52H37NO/c1-30-12-10-20-42-47-44(26-24-39-40-25-27-46-48(50(40)52(2,3)49(39)47)41-19-8-9-21-45(41)54-46)53(51(30)42)33-14-11-13-31(28-33)32-22-23-38-36-17-5-4-15-34(36)35-16-6-7-18-37(35)43(38)29-32/h4-30,51H,1-3H3. The predicted octanol–water partition coefficient (Wildman–Crippen LogP) is 14.1. The van der Waals surface area contributed by atoms with E-state index in [4.69, 9.17) is 4.42 Å². The molecular formula is C52H37NO. The van der Waals surface area contributed by atoms with Gasteiger partial charge in [-0.25, -0.2) is 0 Å². The topological polar surface area (TPSA) is 16.4 Å². The molecule has 2 nitrogen and oxygen atoms in total. The molecule has 54 heavy (non-hydrogen) atoms. The van der Waals surface area contributed by atoms with Crippen LogP contribution in [0.3, 0.4) is 0 Å². The van der Waals surface area contributed by atoms with Gasteiger partial charge in [0.15, 0.2) is 0 Å². The minimum atomic E-state index is -0.228. The van der Waals surface area contributed by atoms with Crippen molar-refractivity contribution in [2.45, 2.75) is 32.2 Å². The van der Waals surface area contributed by atoms with Gasteiger partial charge in [0.25, 0.3) is 0 Å². The van der Waals surface area contributed by atoms with E-state index in [2.05, 4.69) is 183 Å². The van der Waals surface area contributed by atoms with Crippen molar-refractivity contribution in [2.75, 3.05) is 4.90 Å². The Kier molecular flexibility index (Phi) is 5.92. The van der Waals surface area contributed by atoms with Crippen LogP contribution in [-0.2, 0) is 5.41 Å². The zero-order valence-electron chi connectivity index (χ0n) is 30.5. The van der Waals surface area contributed by atoms with Gasteiger partial charge >= 0.3 is 0 Å². The molecule has 3 aliphatic rings. The van der Waals surface area contributed by atoms with Gasteiger partial charge in [0.2, 0.25) is 0 Å². The Balaban J connectivity index is 1.04. The second kappa shape index (κ2) is 10.6. The van der Waals surface area contributed by atoms with Crippen molar-refractivity contribution in [3.8, 4) is 22.3 Å². The highest BCUT2D eigenvalue weighted by molar-refractivity contribution is 6.25. The van der Waals surface area contributed by atoms with Crippen LogP contribution in [0.4, 0.5) is 11.4 Å². The van der Waals surface area contributed by atoms with E-state index in [9.17, 15) is 0 Å². The zero-order chi connectivity index (χ0) is 35.9. The second-order valence-corrected chi connectivity index (χ2v) is 16.0. The Morgan fingerprint density at radius 3 is 1.98 bits per heavy atom. The van der Waals surface area contributed by atoms with Crippen molar-refractivity contribution in [3.63, 3.8) is 0 Å². The molecule has 8 aromatic carbocycles. The molecule has 256 valence electrons. The van der Waals surface area contributed by atoms with Gasteiger partial charge in [-0.3, -0.25) is 0 Å². The van der Waals surface area contributed by atoms with Gasteiger partial charge in [-0.2, -0.15) is 0 Å². The van der Waals surface area contributed by atoms with Crippen LogP contribution in [-0.4, -0.2) is 6.04 Å². The predicted molar refractivity (Wildman–Crippen MR) is 228 cm³/mol. The molecule has 2 heterocycles. The minimum absolute atomic E-state index is 0.202. The van der Waals surface area contributed by atoms with Crippen molar-refractivity contribution in [1.82, 2.24) is 0 Å². The molecule has 2 aliphatic carbocycles. The molecule has 2 heteroatoms. The molecule has 0 fully saturated rings. The lowest BCUT2D eigenvalue weighted by Crippen LogP contribution is -2.33. The monoisotopic (exact) mass is 691 g/mol. The number of para-hydroxylation sites is 1. The number of allylic oxidation sites excluding steroid dienone is 2. The SMILES string of the molecule is CC1C=CC=C2c3c(ccc4c3C(C)(C)c3c-4ccc4oc5ccccc5c34)N(c3cccc(-c4ccc5c6ccccc6c6ccccc6c5c4)c3)C21. The highest BCUT2D eigenvalue weighted by atomic mass is 16.3. The van der Waals surface area contributed by atoms with E-state index in [1.807, 2.05) is 0 Å². The summed E-state index contributed by atoms with van der Waals surface area (Å²) in [6, 6.07) is 51.9. The molecule has 0 amide bonds. The van der Waals surface area contributed by atoms with E-state index in [0.29, 0.717) is 5.92 Å². The van der Waals surface area contributed by atoms with Gasteiger partial charge < -0.3 is 9.32 Å². The number of rotatable bonds is 2. The number of hydrogen-bond donors (Lipinski definition) is 0. The van der Waals surface area contributed by atoms with Crippen LogP contribution in [0.5, 0.6) is 0 Å². The molecule has 0 radical (unpaired) electrons. The van der Waals surface area contributed by atoms with Gasteiger partial charge in [-0.1, -0.05) is 142 Å². The highest BCUT2D eigenvalue weighted by Crippen LogP contribution is 2.60. The molecule has 1 aliphatic heterocycles. The lowest BCUT2D eigenvalue weighted by molar-refractivity contribution is 0.635. The smallest absolute Gasteiger partial charge is 0.135 e. The van der Waals surface area contributed by atoms with E-state index in [0.717, 1.165) is 11.2 Å². The summed E-state index contributed by atoms with van der Waals surface area (Å²) >= 11 is 0. The summed E-state index contributed by atoms with van der Waals surface area (Å²) in [6.07, 6.45) is 7.03. The fourth-order valence-electron chi connectivity index (χ4n) is 10.6. The van der Waals surface area contributed by atoms with Gasteiger partial charge in [0.1, 0.15) is 11.2 Å². The van der Waals surface area contributed by atoms with Gasteiger partial charge in [0.05, 0.1) is 6.04 Å². The van der Waals surface area contributed by atoms with E-state index in [1.165, 1.54) is 99.0 Å². The van der Waals surface area contributed by atoms with Gasteiger partial charge in [-0.15, -0.1) is 0 Å². The number of nitrogens with zero attached hydrogens (tertiary/aromatic N) is 1. The molecule has 9 aromatic rings. The summed E-state index contributed by atoms with van der Waals surface area (Å²) in [5.41, 5.74) is 15.0. The first-order chi connectivity index (χ1) is 26.5. The third-order valence-electron chi connectivity index (χ3n) is 12.8. The molecule has 2 atom stereocenters. The molecule has 2 unspecified atom stereocenters. The Bertz CT molecular complexity index is 3140. The number of hydrogen-bond acceptors (Lipinski definition) is 2. The van der Waals surface area contributed by atoms with Crippen molar-refractivity contribution >= 4 is 71.2 Å². The Hall–Kier alpha value is -6.38. The maximum Gasteiger partial charge on any atom is 0.135 e. The number of fused-ring (bicyclic) bond motifs is 17. The summed E-state index contributed by atoms with van der Waals surface area (Å²) in [7, 11) is 0. The molecule has 0 N–H and O–H groups in total. The van der Waals surface area contributed by atoms with Gasteiger partial charge in [0, 0.05) is 33.1 Å². The van der Waals surface area contributed by atoms with Crippen LogP contribution < -0.4 is 4.90 Å². The Morgan fingerprint density at radius 1 is 0.556 bits per heavy atom. The average Bonchev–Trinajstić information content (AvgIpc) is 3.83. The van der Waals surface area contributed by atoms with E-state index in [-0.39, 0.29) is 11.5 Å². The molecular weight excluding hydrogens is 655 g/mol. The molecule has 0 saturated heterocycles. The fraction of sp³-hybridized carbons (Fsp3) is 0.115. The lowest BCUT2D eigenvalue weighted by atomic mass is 9.76. The first-order valence-electron chi connectivity index (χ1n) is 19.2. The van der Waals surface area contributed by atoms with E-state index < -0.39 is 0 Å². The fourth-order valence-corrected chi connectivity index (χ4v) is 10.6. The average molecular weight is 692 g/mol. The summed E-state index contributed by atoms with van der Waals surface area (Å²) in [5.74, 6) is 0.341. The number of furan rings is 1. The van der Waals surface area contributed by atoms with Crippen molar-refractivity contribution < 1.29 is 4.42 Å². The van der Waals surface area contributed by atoms with Crippen LogP contribution in [0, 0.1) is 5.92 Å². The molecule has 0 bridgehead atoms. The summed E-state index contributed by atoms with van der Waals surface area (Å²) < 4.78 is 6.42. The van der Waals surface area contributed by atoms with Crippen LogP contribution in [0.2, 0.25) is 0 Å². The summed E-state index contributed by atoms with van der Waals surface area (Å²) in [5, 5.41) is 10.3. The zero-order valence-corrected chi connectivity index (χ0v) is 30.5. The first-order valence-corrected chi connectivity index (χ1v) is 19.2. The highest BCUT2D eigenvalue weighted by Gasteiger charge is 2.47. The largest absolute Gasteiger partial charge is 0.456 e. The normalized spacial score (nSPS) is 18.1. The maximum absolute atomic E-state index is 6.42. The second-order valence-electron chi connectivity index (χ2n) is 16.0. The van der Waals surface area contributed by atoms with Crippen LogP contribution in [0.1, 0.15) is 37.5 Å². The summed E-state index contributed by atoms with van der Waals surface area (Å²) in [4.78, 5) is 2.63. The lowest BCUT2D eigenvalue weighted by Gasteiger charge is -2.33. The third kappa shape index (κ3) is 3.85. The number of anilines is 2. The molecule has 0 saturated carbocycles. The third-order valence-corrected chi connectivity index (χ3v) is 12.8. The van der Waals surface area contributed by atoms with E-state index >= 15 is 0 Å². The van der Waals surface area contributed by atoms with Gasteiger partial charge in [-0.05, 0) is 114 Å². The van der Waals surface area contributed by atoms with Crippen LogP contribution in [0.15, 0.2) is 162 Å². The van der Waals surface area contributed by atoms with E-state index in [1.54, 1.807) is 0 Å². The molecule has 1 aromatic heterocycles. The molecule has 12 rings (SSSR count). The Labute approximate surface area is 314 Å². The quantitative estimate of drug-likeness (QED) is 0.168. The first kappa shape index (κ1) is 30.1. The van der Waals surface area contributed by atoms with Crippen LogP contribution >= 0.6 is 0 Å². The van der Waals surface area contributed by atoms with Crippen LogP contribution in [0.25, 0.3) is 82.1 Å². The maximum atomic E-state index is 6.42. The van der Waals surface area contributed by atoms with Crippen molar-refractivity contribution in [1.29, 1.82) is 0 Å². The summed E-state index contributed by atoms with van der Waals surface area (Å²) in [6.45, 7) is 7.22.